The highest BCUT2D eigenvalue weighted by molar-refractivity contribution is 5.12. The molecule has 0 aliphatic rings. The van der Waals surface area contributed by atoms with Gasteiger partial charge in [0.2, 0.25) is 0 Å². The molecule has 0 unspecified atom stereocenters. The Balaban J connectivity index is 2.83. The third kappa shape index (κ3) is 1.07. The first-order valence-corrected chi connectivity index (χ1v) is 2.58. The van der Waals surface area contributed by atoms with E-state index in [0.29, 0.717) is 0 Å². The summed E-state index contributed by atoms with van der Waals surface area (Å²) in [6.45, 7) is 0.140. The molecule has 0 fully saturated rings. The number of aliphatic hydroxyl groups excluding tert-OH is 1. The number of hydrogen-bond acceptors (Lipinski definition) is 1. The Kier molecular flexibility index (Phi) is 1.65. The molecule has 0 amide bonds. The average Bonchev–Trinajstić information content (AvgIpc) is 1.90. The molecule has 0 saturated carbocycles. The Morgan fingerprint density at radius 3 is 2.12 bits per heavy atom. The quantitative estimate of drug-likeness (QED) is 0.543. The van der Waals surface area contributed by atoms with Crippen molar-refractivity contribution in [1.29, 1.82) is 0 Å². The highest BCUT2D eigenvalue weighted by Gasteiger charge is 1.81. The lowest BCUT2D eigenvalue weighted by atomic mass is 11.0. The van der Waals surface area contributed by atoms with Gasteiger partial charge in [-0.25, -0.2) is 0 Å². The van der Waals surface area contributed by atoms with E-state index in [1.54, 1.807) is 0 Å². The van der Waals surface area contributed by atoms with Gasteiger partial charge in [-0.05, 0) is 5.56 Å². The molecule has 42 valence electrons. The van der Waals surface area contributed by atoms with Crippen LogP contribution in [0.5, 0.6) is 0 Å². The van der Waals surface area contributed by atoms with Gasteiger partial charge in [-0.3, -0.25) is 0 Å². The lowest BCUT2D eigenvalue weighted by Gasteiger charge is -1.89. The molecule has 1 N–H and O–H groups in total. The molecular formula is C7H8O. The van der Waals surface area contributed by atoms with E-state index < -0.39 is 0 Å². The topological polar surface area (TPSA) is 20.2 Å². The van der Waals surface area contributed by atoms with E-state index in [9.17, 15) is 0 Å². The predicted molar refractivity (Wildman–Crippen MR) is 32.4 cm³/mol. The molecule has 0 spiro atoms. The van der Waals surface area contributed by atoms with Crippen LogP contribution in [0.1, 0.15) is 5.56 Å². The van der Waals surface area contributed by atoms with Crippen LogP contribution in [0.3, 0.4) is 0 Å². The minimum atomic E-state index is 0.140. The third-order valence-electron chi connectivity index (χ3n) is 1.03. The molecular weight excluding hydrogens is 106 g/mol. The summed E-state index contributed by atoms with van der Waals surface area (Å²) in [5.41, 5.74) is 0.965. The van der Waals surface area contributed by atoms with Gasteiger partial charge in [-0.1, -0.05) is 30.3 Å². The minimum Gasteiger partial charge on any atom is -0.392 e. The van der Waals surface area contributed by atoms with Crippen molar-refractivity contribution in [2.24, 2.45) is 0 Å². The van der Waals surface area contributed by atoms with Crippen LogP contribution in [0.25, 0.3) is 0 Å². The second-order valence-corrected chi connectivity index (χ2v) is 1.64. The van der Waals surface area contributed by atoms with E-state index in [0.717, 1.165) is 5.56 Å². The standard InChI is InChI=1S/C7H8O/c8-6-7-4-2-1-3-5-7/h1-5,8H,6H2/i1+1,2+1,3+1,4+1,6+1,7+1. The van der Waals surface area contributed by atoms with Crippen molar-refractivity contribution in [2.45, 2.75) is 6.61 Å². The maximum atomic E-state index is 8.54. The second kappa shape index (κ2) is 2.48. The van der Waals surface area contributed by atoms with Crippen LogP contribution < -0.4 is 0 Å². The summed E-state index contributed by atoms with van der Waals surface area (Å²) in [5, 5.41) is 8.54. The van der Waals surface area contributed by atoms with Gasteiger partial charge in [0, 0.05) is 0 Å². The van der Waals surface area contributed by atoms with Crippen molar-refractivity contribution in [1.82, 2.24) is 0 Å². The predicted octanol–water partition coefficient (Wildman–Crippen LogP) is 1.18. The van der Waals surface area contributed by atoms with Crippen LogP contribution in [0.4, 0.5) is 0 Å². The summed E-state index contributed by atoms with van der Waals surface area (Å²) in [4.78, 5) is 0. The molecule has 8 heavy (non-hydrogen) atoms. The molecule has 0 radical (unpaired) electrons. The molecule has 0 aliphatic heterocycles. The Morgan fingerprint density at radius 1 is 1.12 bits per heavy atom. The van der Waals surface area contributed by atoms with Crippen LogP contribution in [-0.2, 0) is 6.61 Å². The van der Waals surface area contributed by atoms with Crippen LogP contribution in [0, 0.1) is 0 Å². The highest BCUT2D eigenvalue weighted by atomic mass is 16.3. The van der Waals surface area contributed by atoms with Crippen molar-refractivity contribution in [3.05, 3.63) is 35.9 Å². The molecule has 1 nitrogen and oxygen atoms in total. The number of aliphatic hydroxyl groups is 1. The first-order chi connectivity index (χ1) is 3.93. The van der Waals surface area contributed by atoms with Crippen LogP contribution >= 0.6 is 0 Å². The summed E-state index contributed by atoms with van der Waals surface area (Å²) in [6.07, 6.45) is 0. The Morgan fingerprint density at radius 2 is 1.75 bits per heavy atom. The normalized spacial score (nSPS) is 9.12. The SMILES string of the molecule is O[13CH2][13c]1c[13cH][13cH][13cH][13cH]1. The second-order valence-electron chi connectivity index (χ2n) is 1.64. The average molecular weight is 114 g/mol. The van der Waals surface area contributed by atoms with Gasteiger partial charge in [0.05, 0.1) is 6.61 Å². The number of rotatable bonds is 1. The van der Waals surface area contributed by atoms with E-state index in [4.69, 9.17) is 5.11 Å². The summed E-state index contributed by atoms with van der Waals surface area (Å²) >= 11 is 0. The van der Waals surface area contributed by atoms with Crippen LogP contribution in [-0.4, -0.2) is 5.11 Å². The van der Waals surface area contributed by atoms with Gasteiger partial charge < -0.3 is 5.11 Å². The molecule has 1 aromatic carbocycles. The maximum Gasteiger partial charge on any atom is 0.0681 e. The zero-order chi connectivity index (χ0) is 5.82. The third-order valence-corrected chi connectivity index (χ3v) is 1.03. The number of hydrogen-bond donors (Lipinski definition) is 1. The van der Waals surface area contributed by atoms with Gasteiger partial charge in [0.15, 0.2) is 0 Å². The van der Waals surface area contributed by atoms with Crippen molar-refractivity contribution in [3.63, 3.8) is 0 Å². The van der Waals surface area contributed by atoms with Crippen molar-refractivity contribution < 1.29 is 5.11 Å². The van der Waals surface area contributed by atoms with E-state index >= 15 is 0 Å². The van der Waals surface area contributed by atoms with E-state index in [-0.39, 0.29) is 6.61 Å². The summed E-state index contributed by atoms with van der Waals surface area (Å²) in [6, 6.07) is 9.52. The first-order valence-electron chi connectivity index (χ1n) is 2.58. The summed E-state index contributed by atoms with van der Waals surface area (Å²) in [7, 11) is 0. The van der Waals surface area contributed by atoms with Gasteiger partial charge in [0.1, 0.15) is 0 Å². The van der Waals surface area contributed by atoms with E-state index in [2.05, 4.69) is 0 Å². The fourth-order valence-corrected chi connectivity index (χ4v) is 0.583. The molecule has 0 saturated heterocycles. The van der Waals surface area contributed by atoms with Crippen LogP contribution in [0.15, 0.2) is 30.3 Å². The van der Waals surface area contributed by atoms with Gasteiger partial charge >= 0.3 is 0 Å². The van der Waals surface area contributed by atoms with E-state index in [1.165, 1.54) is 0 Å². The first kappa shape index (κ1) is 5.32. The van der Waals surface area contributed by atoms with Gasteiger partial charge in [0.25, 0.3) is 0 Å². The Hall–Kier alpha value is -0.820. The monoisotopic (exact) mass is 114 g/mol. The highest BCUT2D eigenvalue weighted by Crippen LogP contribution is 1.95. The largest absolute Gasteiger partial charge is 0.392 e. The Labute approximate surface area is 48.6 Å². The molecule has 0 heterocycles. The zero-order valence-electron chi connectivity index (χ0n) is 4.54. The summed E-state index contributed by atoms with van der Waals surface area (Å²) in [5.74, 6) is 0. The van der Waals surface area contributed by atoms with Gasteiger partial charge in [-0.15, -0.1) is 0 Å². The van der Waals surface area contributed by atoms with Crippen molar-refractivity contribution >= 4 is 0 Å². The van der Waals surface area contributed by atoms with Crippen LogP contribution in [0.2, 0.25) is 0 Å². The Bertz CT molecular complexity index is 146. The van der Waals surface area contributed by atoms with Gasteiger partial charge in [-0.2, -0.15) is 0 Å². The lowest BCUT2D eigenvalue weighted by molar-refractivity contribution is 0.282. The smallest absolute Gasteiger partial charge is 0.0681 e. The molecule has 1 rings (SSSR count). The molecule has 0 aromatic heterocycles. The zero-order valence-corrected chi connectivity index (χ0v) is 4.54. The molecule has 1 aromatic rings. The fraction of sp³-hybridized carbons (Fsp3) is 0.143. The molecule has 0 bridgehead atoms. The maximum absolute atomic E-state index is 8.54. The van der Waals surface area contributed by atoms with Crippen molar-refractivity contribution in [2.75, 3.05) is 0 Å². The summed E-state index contributed by atoms with van der Waals surface area (Å²) < 4.78 is 0. The van der Waals surface area contributed by atoms with Crippen molar-refractivity contribution in [3.8, 4) is 0 Å². The minimum absolute atomic E-state index is 0.140. The molecule has 1 heteroatoms. The number of benzene rings is 1. The lowest BCUT2D eigenvalue weighted by Crippen LogP contribution is -1.77. The molecule has 0 atom stereocenters. The fourth-order valence-electron chi connectivity index (χ4n) is 0.583. The molecule has 0 aliphatic carbocycles. The van der Waals surface area contributed by atoms with E-state index in [1.807, 2.05) is 30.3 Å².